The molecule has 0 saturated carbocycles. The number of anilines is 1. The van der Waals surface area contributed by atoms with Gasteiger partial charge in [-0.25, -0.2) is 0 Å². The summed E-state index contributed by atoms with van der Waals surface area (Å²) in [5.74, 6) is 0.512. The number of nitrogens with zero attached hydrogens (tertiary/aromatic N) is 4. The molecule has 9 heteroatoms. The van der Waals surface area contributed by atoms with Gasteiger partial charge in [0.2, 0.25) is 5.91 Å². The highest BCUT2D eigenvalue weighted by Gasteiger charge is 2.49. The van der Waals surface area contributed by atoms with Crippen LogP contribution in [0.15, 0.2) is 30.5 Å². The smallest absolute Gasteiger partial charge is 0.226 e. The second kappa shape index (κ2) is 12.6. The zero-order valence-electron chi connectivity index (χ0n) is 22.7. The van der Waals surface area contributed by atoms with Crippen LogP contribution < -0.4 is 4.90 Å². The van der Waals surface area contributed by atoms with E-state index in [0.717, 1.165) is 56.5 Å². The topological polar surface area (TPSA) is 101 Å². The normalized spacial score (nSPS) is 25.3. The lowest BCUT2D eigenvalue weighted by Crippen LogP contribution is -2.40. The third kappa shape index (κ3) is 7.28. The van der Waals surface area contributed by atoms with Crippen molar-refractivity contribution in [1.82, 2.24) is 15.0 Å². The van der Waals surface area contributed by atoms with Gasteiger partial charge in [0.05, 0.1) is 17.9 Å². The molecule has 2 saturated heterocycles. The van der Waals surface area contributed by atoms with E-state index >= 15 is 0 Å². The Morgan fingerprint density at radius 1 is 1.11 bits per heavy atom. The van der Waals surface area contributed by atoms with Crippen LogP contribution in [-0.2, 0) is 28.9 Å². The van der Waals surface area contributed by atoms with Crippen molar-refractivity contribution >= 4 is 19.9 Å². The van der Waals surface area contributed by atoms with Crippen LogP contribution in [0.4, 0.5) is 5.69 Å². The van der Waals surface area contributed by atoms with Gasteiger partial charge in [-0.3, -0.25) is 9.48 Å². The van der Waals surface area contributed by atoms with Gasteiger partial charge in [-0.15, -0.1) is 5.10 Å². The maximum Gasteiger partial charge on any atom is 0.226 e. The summed E-state index contributed by atoms with van der Waals surface area (Å²) in [6.45, 7) is 7.81. The molecule has 2 aromatic rings. The molecule has 1 amide bonds. The van der Waals surface area contributed by atoms with E-state index in [9.17, 15) is 9.59 Å². The number of aromatic nitrogens is 3. The third-order valence-electron chi connectivity index (χ3n) is 8.08. The lowest BCUT2D eigenvalue weighted by atomic mass is 9.95. The standard InChI is InChI=1S/C28H44N4O4Si/c1-21-25(13-12-22-9-8-10-24(19-22)32-16-7-5-4-6-11-27(32)34)36-26(28(21)37(2,3)35)14-17-31-20-23(15-18-33)29-30-31/h8-10,19-21,25-26,28,33,35H,4-7,11-18H2,1-3H3/t21-,25+,26-,28+/m1/s1. The fraction of sp³-hybridized carbons (Fsp3) is 0.679. The molecule has 0 radical (unpaired) electrons. The van der Waals surface area contributed by atoms with Crippen molar-refractivity contribution in [2.45, 2.75) is 102 Å². The monoisotopic (exact) mass is 528 g/mol. The molecule has 1 aromatic heterocycles. The molecular formula is C28H44N4O4Si. The molecule has 204 valence electrons. The van der Waals surface area contributed by atoms with Crippen LogP contribution in [0.2, 0.25) is 18.6 Å². The number of rotatable bonds is 10. The zero-order valence-corrected chi connectivity index (χ0v) is 23.7. The van der Waals surface area contributed by atoms with Crippen LogP contribution in [-0.4, -0.2) is 64.5 Å². The second-order valence-corrected chi connectivity index (χ2v) is 15.4. The number of carbonyl (C=O) groups excluding carboxylic acids is 1. The first-order chi connectivity index (χ1) is 17.8. The Balaban J connectivity index is 1.39. The molecule has 2 fully saturated rings. The van der Waals surface area contributed by atoms with Gasteiger partial charge in [0.25, 0.3) is 0 Å². The Morgan fingerprint density at radius 2 is 1.92 bits per heavy atom. The molecule has 2 aliphatic heterocycles. The number of ether oxygens (including phenoxy) is 1. The van der Waals surface area contributed by atoms with Crippen molar-refractivity contribution in [2.24, 2.45) is 5.92 Å². The maximum absolute atomic E-state index is 12.7. The van der Waals surface area contributed by atoms with Gasteiger partial charge in [-0.05, 0) is 68.8 Å². The van der Waals surface area contributed by atoms with E-state index < -0.39 is 8.32 Å². The minimum atomic E-state index is -2.44. The van der Waals surface area contributed by atoms with Crippen LogP contribution in [0.25, 0.3) is 0 Å². The average Bonchev–Trinajstić information content (AvgIpc) is 3.42. The van der Waals surface area contributed by atoms with Gasteiger partial charge < -0.3 is 19.5 Å². The summed E-state index contributed by atoms with van der Waals surface area (Å²) in [6, 6.07) is 8.44. The van der Waals surface area contributed by atoms with Crippen LogP contribution in [0.3, 0.4) is 0 Å². The van der Waals surface area contributed by atoms with E-state index in [4.69, 9.17) is 9.84 Å². The lowest BCUT2D eigenvalue weighted by Gasteiger charge is -2.30. The fourth-order valence-corrected chi connectivity index (χ4v) is 8.89. The second-order valence-electron chi connectivity index (χ2n) is 11.4. The van der Waals surface area contributed by atoms with E-state index in [1.807, 2.05) is 28.9 Å². The first-order valence-corrected chi connectivity index (χ1v) is 17.1. The summed E-state index contributed by atoms with van der Waals surface area (Å²) in [5.41, 5.74) is 3.18. The minimum absolute atomic E-state index is 0.0119. The summed E-state index contributed by atoms with van der Waals surface area (Å²) >= 11 is 0. The quantitative estimate of drug-likeness (QED) is 0.450. The molecule has 2 aliphatic rings. The first-order valence-electron chi connectivity index (χ1n) is 14.0. The summed E-state index contributed by atoms with van der Waals surface area (Å²) in [7, 11) is -2.44. The number of aliphatic hydroxyl groups excluding tert-OH is 1. The van der Waals surface area contributed by atoms with Crippen molar-refractivity contribution in [2.75, 3.05) is 18.1 Å². The van der Waals surface area contributed by atoms with Crippen molar-refractivity contribution in [1.29, 1.82) is 0 Å². The molecule has 2 N–H and O–H groups in total. The number of aryl methyl sites for hydroxylation is 2. The van der Waals surface area contributed by atoms with Crippen LogP contribution >= 0.6 is 0 Å². The van der Waals surface area contributed by atoms with Crippen molar-refractivity contribution in [3.05, 3.63) is 41.7 Å². The molecule has 4 atom stereocenters. The van der Waals surface area contributed by atoms with Crippen molar-refractivity contribution in [3.8, 4) is 0 Å². The highest BCUT2D eigenvalue weighted by molar-refractivity contribution is 6.71. The molecule has 8 nitrogen and oxygen atoms in total. The first kappa shape index (κ1) is 27.9. The molecule has 3 heterocycles. The van der Waals surface area contributed by atoms with E-state index in [1.54, 1.807) is 0 Å². The van der Waals surface area contributed by atoms with Crippen LogP contribution in [0, 0.1) is 5.92 Å². The van der Waals surface area contributed by atoms with Crippen LogP contribution in [0.1, 0.15) is 63.1 Å². The summed E-state index contributed by atoms with van der Waals surface area (Å²) < 4.78 is 8.43. The Kier molecular flexibility index (Phi) is 9.55. The van der Waals surface area contributed by atoms with Gasteiger partial charge in [0, 0.05) is 50.0 Å². The van der Waals surface area contributed by atoms with Crippen molar-refractivity contribution in [3.63, 3.8) is 0 Å². The number of carbonyl (C=O) groups is 1. The predicted octanol–water partition coefficient (Wildman–Crippen LogP) is 4.10. The Hall–Kier alpha value is -2.07. The Labute approximate surface area is 222 Å². The number of benzene rings is 1. The molecule has 1 aromatic carbocycles. The maximum atomic E-state index is 12.7. The van der Waals surface area contributed by atoms with E-state index in [1.165, 1.54) is 12.0 Å². The highest BCUT2D eigenvalue weighted by Crippen LogP contribution is 2.45. The van der Waals surface area contributed by atoms with Gasteiger partial charge in [-0.1, -0.05) is 37.1 Å². The number of aliphatic hydroxyl groups is 1. The molecule has 4 rings (SSSR count). The molecule has 37 heavy (non-hydrogen) atoms. The molecule has 0 aliphatic carbocycles. The van der Waals surface area contributed by atoms with E-state index in [2.05, 4.69) is 41.5 Å². The van der Waals surface area contributed by atoms with Gasteiger partial charge >= 0.3 is 0 Å². The number of amides is 1. The Morgan fingerprint density at radius 3 is 2.70 bits per heavy atom. The van der Waals surface area contributed by atoms with Gasteiger partial charge in [0.1, 0.15) is 0 Å². The molecule has 0 bridgehead atoms. The SMILES string of the molecule is C[C@H]1[C@H]([Si](C)(C)O)[C@@H](CCn2cc(CCO)nn2)O[C@H]1CCc1cccc(N2CCCCCCC2=O)c1. The molecular weight excluding hydrogens is 484 g/mol. The average molecular weight is 529 g/mol. The van der Waals surface area contributed by atoms with Gasteiger partial charge in [-0.2, -0.15) is 0 Å². The number of hydrogen-bond acceptors (Lipinski definition) is 6. The largest absolute Gasteiger partial charge is 0.432 e. The lowest BCUT2D eigenvalue weighted by molar-refractivity contribution is -0.118. The van der Waals surface area contributed by atoms with Crippen LogP contribution in [0.5, 0.6) is 0 Å². The molecule has 0 unspecified atom stereocenters. The highest BCUT2D eigenvalue weighted by atomic mass is 28.4. The summed E-state index contributed by atoms with van der Waals surface area (Å²) in [4.78, 5) is 25.8. The molecule has 0 spiro atoms. The minimum Gasteiger partial charge on any atom is -0.432 e. The Bertz CT molecular complexity index is 1020. The zero-order chi connectivity index (χ0) is 26.4. The number of hydrogen-bond donors (Lipinski definition) is 2. The predicted molar refractivity (Wildman–Crippen MR) is 147 cm³/mol. The van der Waals surface area contributed by atoms with Gasteiger partial charge in [0.15, 0.2) is 8.32 Å². The van der Waals surface area contributed by atoms with Crippen molar-refractivity contribution < 1.29 is 19.4 Å². The summed E-state index contributed by atoms with van der Waals surface area (Å²) in [6.07, 6.45) is 10.0. The fourth-order valence-electron chi connectivity index (χ4n) is 6.24. The third-order valence-corrected chi connectivity index (χ3v) is 10.6. The van der Waals surface area contributed by atoms with E-state index in [-0.39, 0.29) is 36.2 Å². The summed E-state index contributed by atoms with van der Waals surface area (Å²) in [5, 5.41) is 17.4. The van der Waals surface area contributed by atoms with E-state index in [0.29, 0.717) is 19.4 Å².